The fourth-order valence-electron chi connectivity index (χ4n) is 4.04. The van der Waals surface area contributed by atoms with E-state index in [1.54, 1.807) is 0 Å². The number of carbonyl (C=O) groups excluding carboxylic acids is 1. The molecule has 32 heavy (non-hydrogen) atoms. The van der Waals surface area contributed by atoms with E-state index in [2.05, 4.69) is 45.2 Å². The van der Waals surface area contributed by atoms with Crippen molar-refractivity contribution in [1.82, 2.24) is 20.0 Å². The van der Waals surface area contributed by atoms with Crippen LogP contribution in [-0.4, -0.2) is 58.6 Å². The molecule has 1 N–H and O–H groups in total. The number of benzene rings is 2. The van der Waals surface area contributed by atoms with Gasteiger partial charge in [-0.1, -0.05) is 29.8 Å². The van der Waals surface area contributed by atoms with Crippen molar-refractivity contribution < 1.29 is 9.21 Å². The predicted octanol–water partition coefficient (Wildman–Crippen LogP) is 3.98. The number of hydrogen-bond acceptors (Lipinski definition) is 6. The highest BCUT2D eigenvalue weighted by atomic mass is 16.4. The fourth-order valence-corrected chi connectivity index (χ4v) is 4.04. The van der Waals surface area contributed by atoms with Crippen molar-refractivity contribution in [3.05, 3.63) is 65.0 Å². The van der Waals surface area contributed by atoms with Crippen LogP contribution in [0.5, 0.6) is 0 Å². The molecular weight excluding hydrogens is 402 g/mol. The van der Waals surface area contributed by atoms with Gasteiger partial charge in [-0.05, 0) is 57.0 Å². The third-order valence-corrected chi connectivity index (χ3v) is 6.26. The van der Waals surface area contributed by atoms with Crippen molar-refractivity contribution in [2.45, 2.75) is 33.7 Å². The third-order valence-electron chi connectivity index (χ3n) is 6.26. The van der Waals surface area contributed by atoms with Gasteiger partial charge in [0, 0.05) is 37.4 Å². The summed E-state index contributed by atoms with van der Waals surface area (Å²) in [6, 6.07) is 14.1. The van der Waals surface area contributed by atoms with Crippen molar-refractivity contribution in [3.8, 4) is 11.5 Å². The summed E-state index contributed by atoms with van der Waals surface area (Å²) < 4.78 is 5.98. The molecule has 1 atom stereocenters. The molecule has 2 heterocycles. The lowest BCUT2D eigenvalue weighted by Gasteiger charge is -2.36. The summed E-state index contributed by atoms with van der Waals surface area (Å²) in [5.74, 6) is 1.21. The summed E-state index contributed by atoms with van der Waals surface area (Å²) in [4.78, 5) is 17.1. The van der Waals surface area contributed by atoms with Crippen LogP contribution < -0.4 is 5.32 Å². The zero-order valence-corrected chi connectivity index (χ0v) is 19.3. The Bertz CT molecular complexity index is 1090. The first-order valence-electron chi connectivity index (χ1n) is 11.1. The van der Waals surface area contributed by atoms with Gasteiger partial charge >= 0.3 is 0 Å². The molecular formula is C25H31N5O2. The van der Waals surface area contributed by atoms with E-state index in [4.69, 9.17) is 4.42 Å². The molecule has 0 bridgehead atoms. The van der Waals surface area contributed by atoms with Crippen LogP contribution >= 0.6 is 0 Å². The first kappa shape index (κ1) is 22.2. The molecule has 2 aromatic carbocycles. The molecule has 0 radical (unpaired) electrons. The Morgan fingerprint density at radius 1 is 1.06 bits per heavy atom. The highest BCUT2D eigenvalue weighted by Crippen LogP contribution is 2.25. The van der Waals surface area contributed by atoms with Gasteiger partial charge in [0.25, 0.3) is 0 Å². The van der Waals surface area contributed by atoms with E-state index in [1.807, 2.05) is 50.2 Å². The molecule has 4 rings (SSSR count). The number of aromatic nitrogens is 2. The van der Waals surface area contributed by atoms with Gasteiger partial charge in [-0.15, -0.1) is 10.2 Å². The second-order valence-corrected chi connectivity index (χ2v) is 8.60. The van der Waals surface area contributed by atoms with E-state index in [0.717, 1.165) is 48.6 Å². The highest BCUT2D eigenvalue weighted by molar-refractivity contribution is 5.93. The average Bonchev–Trinajstić information content (AvgIpc) is 3.27. The van der Waals surface area contributed by atoms with E-state index in [0.29, 0.717) is 18.3 Å². The number of rotatable bonds is 6. The molecule has 0 saturated carbocycles. The average molecular weight is 434 g/mol. The van der Waals surface area contributed by atoms with Crippen LogP contribution in [0.15, 0.2) is 46.9 Å². The molecule has 1 saturated heterocycles. The second-order valence-electron chi connectivity index (χ2n) is 8.60. The summed E-state index contributed by atoms with van der Waals surface area (Å²) in [7, 11) is 0. The molecule has 0 aliphatic carbocycles. The summed E-state index contributed by atoms with van der Waals surface area (Å²) in [5.41, 5.74) is 5.28. The van der Waals surface area contributed by atoms with Crippen molar-refractivity contribution in [3.63, 3.8) is 0 Å². The Kier molecular flexibility index (Phi) is 6.67. The largest absolute Gasteiger partial charge is 0.419 e. The lowest BCUT2D eigenvalue weighted by atomic mass is 10.1. The molecule has 1 aliphatic heterocycles. The summed E-state index contributed by atoms with van der Waals surface area (Å²) in [6.07, 6.45) is 0. The number of aryl methyl sites for hydroxylation is 2. The number of anilines is 1. The van der Waals surface area contributed by atoms with Crippen LogP contribution in [0.4, 0.5) is 5.69 Å². The second kappa shape index (κ2) is 9.63. The van der Waals surface area contributed by atoms with Gasteiger partial charge in [-0.2, -0.15) is 0 Å². The third kappa shape index (κ3) is 5.06. The van der Waals surface area contributed by atoms with Crippen molar-refractivity contribution >= 4 is 11.6 Å². The summed E-state index contributed by atoms with van der Waals surface area (Å²) in [5, 5.41) is 11.6. The van der Waals surface area contributed by atoms with Gasteiger partial charge in [0.15, 0.2) is 0 Å². The monoisotopic (exact) mass is 433 g/mol. The van der Waals surface area contributed by atoms with E-state index >= 15 is 0 Å². The van der Waals surface area contributed by atoms with Crippen molar-refractivity contribution in [1.29, 1.82) is 0 Å². The number of nitrogens with one attached hydrogen (secondary N) is 1. The van der Waals surface area contributed by atoms with Crippen LogP contribution in [0, 0.1) is 20.8 Å². The van der Waals surface area contributed by atoms with Crippen LogP contribution in [0.2, 0.25) is 0 Å². The Balaban J connectivity index is 1.30. The molecule has 1 fully saturated rings. The SMILES string of the molecule is Cc1cccc(-c2nnc(C(C)N3CCN(CC(=O)Nc4cccc(C)c4C)CC3)o2)c1. The van der Waals surface area contributed by atoms with Crippen molar-refractivity contribution in [2.24, 2.45) is 0 Å². The molecule has 1 unspecified atom stereocenters. The lowest BCUT2D eigenvalue weighted by Crippen LogP contribution is -2.49. The number of amides is 1. The minimum Gasteiger partial charge on any atom is -0.419 e. The molecule has 1 aromatic heterocycles. The Morgan fingerprint density at radius 3 is 2.56 bits per heavy atom. The number of hydrogen-bond donors (Lipinski definition) is 1. The van der Waals surface area contributed by atoms with E-state index in [-0.39, 0.29) is 11.9 Å². The topological polar surface area (TPSA) is 74.5 Å². The van der Waals surface area contributed by atoms with Crippen LogP contribution in [0.1, 0.15) is 35.5 Å². The van der Waals surface area contributed by atoms with Gasteiger partial charge in [0.2, 0.25) is 17.7 Å². The molecule has 7 nitrogen and oxygen atoms in total. The Morgan fingerprint density at radius 2 is 1.81 bits per heavy atom. The Labute approximate surface area is 189 Å². The number of nitrogens with zero attached hydrogens (tertiary/aromatic N) is 4. The molecule has 1 aliphatic rings. The minimum absolute atomic E-state index is 0.0277. The first-order valence-corrected chi connectivity index (χ1v) is 11.1. The minimum atomic E-state index is 0.0277. The van der Waals surface area contributed by atoms with E-state index in [9.17, 15) is 4.79 Å². The van der Waals surface area contributed by atoms with Gasteiger partial charge in [0.1, 0.15) is 0 Å². The van der Waals surface area contributed by atoms with Crippen molar-refractivity contribution in [2.75, 3.05) is 38.0 Å². The zero-order valence-electron chi connectivity index (χ0n) is 19.3. The first-order chi connectivity index (χ1) is 15.4. The van der Waals surface area contributed by atoms with Gasteiger partial charge in [-0.25, -0.2) is 0 Å². The molecule has 1 amide bonds. The normalized spacial score (nSPS) is 16.1. The summed E-state index contributed by atoms with van der Waals surface area (Å²) in [6.45, 7) is 12.0. The van der Waals surface area contributed by atoms with Crippen LogP contribution in [0.25, 0.3) is 11.5 Å². The van der Waals surface area contributed by atoms with E-state index in [1.165, 1.54) is 5.56 Å². The number of piperazine rings is 1. The lowest BCUT2D eigenvalue weighted by molar-refractivity contribution is -0.117. The van der Waals surface area contributed by atoms with Gasteiger partial charge < -0.3 is 9.73 Å². The molecule has 3 aromatic rings. The zero-order chi connectivity index (χ0) is 22.7. The maximum atomic E-state index is 12.5. The maximum absolute atomic E-state index is 12.5. The van der Waals surface area contributed by atoms with Crippen LogP contribution in [0.3, 0.4) is 0 Å². The molecule has 0 spiro atoms. The van der Waals surface area contributed by atoms with Crippen LogP contribution in [-0.2, 0) is 4.79 Å². The smallest absolute Gasteiger partial charge is 0.247 e. The summed E-state index contributed by atoms with van der Waals surface area (Å²) >= 11 is 0. The predicted molar refractivity (Wildman–Crippen MR) is 125 cm³/mol. The number of carbonyl (C=O) groups is 1. The maximum Gasteiger partial charge on any atom is 0.247 e. The highest BCUT2D eigenvalue weighted by Gasteiger charge is 2.26. The standard InChI is InChI=1S/C25H31N5O2/c1-17-7-5-9-21(15-17)25-28-27-24(32-25)20(4)30-13-11-29(12-14-30)16-23(31)26-22-10-6-8-18(2)19(22)3/h5-10,15,20H,11-14,16H2,1-4H3,(H,26,31). The molecule has 168 valence electrons. The fraction of sp³-hybridized carbons (Fsp3) is 0.400. The van der Waals surface area contributed by atoms with E-state index < -0.39 is 0 Å². The molecule has 7 heteroatoms. The van der Waals surface area contributed by atoms with Gasteiger partial charge in [-0.3, -0.25) is 14.6 Å². The van der Waals surface area contributed by atoms with Gasteiger partial charge in [0.05, 0.1) is 12.6 Å². The quantitative estimate of drug-likeness (QED) is 0.634. The Hall–Kier alpha value is -3.03.